The first-order valence-electron chi connectivity index (χ1n) is 12.3. The first kappa shape index (κ1) is 31.3. The molecule has 0 amide bonds. The predicted octanol–water partition coefficient (Wildman–Crippen LogP) is 3.19. The Hall–Kier alpha value is -2.63. The van der Waals surface area contributed by atoms with Crippen molar-refractivity contribution in [1.29, 1.82) is 0 Å². The van der Waals surface area contributed by atoms with E-state index < -0.39 is 85.8 Å². The minimum Gasteiger partial charge on any atom is -0.744 e. The Kier molecular flexibility index (Phi) is 7.62. The van der Waals surface area contributed by atoms with Gasteiger partial charge in [-0.05, 0) is 62.5 Å². The quantitative estimate of drug-likeness (QED) is 0.223. The van der Waals surface area contributed by atoms with Crippen molar-refractivity contribution in [1.82, 2.24) is 0 Å². The van der Waals surface area contributed by atoms with Crippen LogP contribution in [0.4, 0.5) is 26.3 Å². The Morgan fingerprint density at radius 3 is 1.88 bits per heavy atom. The highest BCUT2D eigenvalue weighted by Gasteiger charge is 2.70. The molecule has 4 aliphatic rings. The molecule has 41 heavy (non-hydrogen) atoms. The van der Waals surface area contributed by atoms with E-state index in [9.17, 15) is 59.1 Å². The number of carbonyl (C=O) groups is 2. The molecule has 4 bridgehead atoms. The maximum Gasteiger partial charge on any atom is 0.426 e. The van der Waals surface area contributed by atoms with E-state index in [1.54, 1.807) is 0 Å². The number of carbonyl (C=O) groups excluding carboxylic acids is 2. The van der Waals surface area contributed by atoms with Gasteiger partial charge in [0.2, 0.25) is 0 Å². The summed E-state index contributed by atoms with van der Waals surface area (Å²) in [6.45, 7) is -1.96. The number of hydrogen-bond acceptors (Lipinski definition) is 10. The van der Waals surface area contributed by atoms with Gasteiger partial charge in [-0.25, -0.2) is 18.0 Å². The van der Waals surface area contributed by atoms with E-state index in [0.717, 1.165) is 6.42 Å². The minimum atomic E-state index is -6.21. The molecule has 0 radical (unpaired) electrons. The fraction of sp³-hybridized carbons (Fsp3) is 0.667. The number of halogens is 6. The Balaban J connectivity index is 1.54. The zero-order chi connectivity index (χ0) is 30.8. The fourth-order valence-electron chi connectivity index (χ4n) is 6.74. The molecule has 0 saturated heterocycles. The van der Waals surface area contributed by atoms with Crippen molar-refractivity contribution in [2.75, 3.05) is 13.2 Å². The smallest absolute Gasteiger partial charge is 0.426 e. The molecular formula is C24H25F6O10S-. The van der Waals surface area contributed by atoms with Crippen LogP contribution in [0.2, 0.25) is 0 Å². The van der Waals surface area contributed by atoms with E-state index in [4.69, 9.17) is 9.84 Å². The summed E-state index contributed by atoms with van der Waals surface area (Å²) in [5.74, 6) is -4.17. The van der Waals surface area contributed by atoms with Crippen molar-refractivity contribution in [2.45, 2.75) is 73.4 Å². The third-order valence-electron chi connectivity index (χ3n) is 8.11. The van der Waals surface area contributed by atoms with Gasteiger partial charge in [0.25, 0.3) is 5.60 Å². The molecule has 4 fully saturated rings. The van der Waals surface area contributed by atoms with Gasteiger partial charge in [0.1, 0.15) is 27.0 Å². The number of benzene rings is 1. The normalized spacial score (nSPS) is 28.0. The molecule has 5 rings (SSSR count). The number of rotatable bonds is 8. The molecular weight excluding hydrogens is 594 g/mol. The number of aromatic hydroxyl groups is 1. The minimum absolute atomic E-state index is 0.205. The van der Waals surface area contributed by atoms with Crippen LogP contribution in [0.15, 0.2) is 17.0 Å². The number of aliphatic hydroxyl groups is 2. The number of hydrogen-bond donors (Lipinski definition) is 3. The highest BCUT2D eigenvalue weighted by molar-refractivity contribution is 7.85. The first-order valence-corrected chi connectivity index (χ1v) is 13.7. The summed E-state index contributed by atoms with van der Waals surface area (Å²) in [5.41, 5.74) is -9.01. The van der Waals surface area contributed by atoms with Crippen molar-refractivity contribution >= 4 is 22.1 Å². The topological polar surface area (TPSA) is 170 Å². The third-order valence-corrected chi connectivity index (χ3v) is 8.92. The summed E-state index contributed by atoms with van der Waals surface area (Å²) in [6, 6.07) is 0.626. The molecule has 0 aromatic heterocycles. The number of ether oxygens (including phenoxy) is 2. The van der Waals surface area contributed by atoms with Gasteiger partial charge >= 0.3 is 24.3 Å². The highest BCUT2D eigenvalue weighted by atomic mass is 32.2. The Labute approximate surface area is 229 Å². The van der Waals surface area contributed by atoms with Crippen LogP contribution in [0.1, 0.15) is 65.7 Å². The second-order valence-corrected chi connectivity index (χ2v) is 12.7. The summed E-state index contributed by atoms with van der Waals surface area (Å²) >= 11 is 0. The maximum absolute atomic E-state index is 12.9. The summed E-state index contributed by atoms with van der Waals surface area (Å²) in [4.78, 5) is 24.1. The van der Waals surface area contributed by atoms with Crippen molar-refractivity contribution in [2.24, 2.45) is 17.3 Å². The van der Waals surface area contributed by atoms with Crippen LogP contribution in [0.25, 0.3) is 0 Å². The average molecular weight is 620 g/mol. The molecule has 0 aliphatic heterocycles. The molecule has 0 spiro atoms. The van der Waals surface area contributed by atoms with E-state index in [1.807, 2.05) is 0 Å². The average Bonchev–Trinajstić information content (AvgIpc) is 2.78. The zero-order valence-corrected chi connectivity index (χ0v) is 21.9. The van der Waals surface area contributed by atoms with Crippen LogP contribution >= 0.6 is 0 Å². The zero-order valence-electron chi connectivity index (χ0n) is 21.0. The second kappa shape index (κ2) is 9.98. The van der Waals surface area contributed by atoms with Crippen LogP contribution in [-0.4, -0.2) is 77.0 Å². The van der Waals surface area contributed by atoms with Crippen LogP contribution in [0.5, 0.6) is 5.75 Å². The molecule has 17 heteroatoms. The Morgan fingerprint density at radius 1 is 0.951 bits per heavy atom. The van der Waals surface area contributed by atoms with E-state index in [2.05, 4.69) is 4.74 Å². The van der Waals surface area contributed by atoms with Gasteiger partial charge in [-0.3, -0.25) is 0 Å². The maximum atomic E-state index is 12.9. The summed E-state index contributed by atoms with van der Waals surface area (Å²) in [7, 11) is -5.42. The molecule has 230 valence electrons. The van der Waals surface area contributed by atoms with Gasteiger partial charge in [-0.15, -0.1) is 0 Å². The molecule has 10 nitrogen and oxygen atoms in total. The van der Waals surface area contributed by atoms with E-state index in [-0.39, 0.29) is 24.5 Å². The lowest BCUT2D eigenvalue weighted by molar-refractivity contribution is -0.371. The van der Waals surface area contributed by atoms with E-state index in [1.165, 1.54) is 0 Å². The van der Waals surface area contributed by atoms with Crippen molar-refractivity contribution < 1.29 is 73.7 Å². The van der Waals surface area contributed by atoms with Crippen molar-refractivity contribution in [3.63, 3.8) is 0 Å². The van der Waals surface area contributed by atoms with Gasteiger partial charge in [0, 0.05) is 11.8 Å². The van der Waals surface area contributed by atoms with Gasteiger partial charge in [-0.1, -0.05) is 0 Å². The summed E-state index contributed by atoms with van der Waals surface area (Å²) < 4.78 is 122. The molecule has 1 aromatic carbocycles. The Bertz CT molecular complexity index is 1310. The number of alkyl halides is 6. The molecule has 3 N–H and O–H groups in total. The predicted molar refractivity (Wildman–Crippen MR) is 120 cm³/mol. The molecule has 2 unspecified atom stereocenters. The SMILES string of the molecule is O=C(OCCC(O)(C(F)(F)F)C(F)(F)F)c1cc(S(=O)(=O)[O-])cc(C(=O)OCC23CC4CC(CC(O)(C4)C2)C3)c1O. The molecule has 4 saturated carbocycles. The van der Waals surface area contributed by atoms with Crippen LogP contribution in [-0.2, 0) is 19.6 Å². The second-order valence-electron chi connectivity index (χ2n) is 11.3. The van der Waals surface area contributed by atoms with Crippen LogP contribution < -0.4 is 0 Å². The fourth-order valence-corrected chi connectivity index (χ4v) is 7.27. The lowest BCUT2D eigenvalue weighted by atomic mass is 9.48. The largest absolute Gasteiger partial charge is 0.744 e. The standard InChI is InChI=1S/C24H26F6O10S/c25-23(26,27)22(35,24(28,29)30)1-2-39-18(32)15-4-14(41(36,37)38)5-16(17(15)31)19(33)40-11-20-6-12-3-13(7-20)9-21(34,8-12)10-20/h4-5,12-13,31,34-35H,1-3,6-11H2,(H,36,37,38)/p-1. The van der Waals surface area contributed by atoms with Crippen LogP contribution in [0, 0.1) is 17.3 Å². The van der Waals surface area contributed by atoms with E-state index >= 15 is 0 Å². The van der Waals surface area contributed by atoms with Crippen molar-refractivity contribution in [3.05, 3.63) is 23.3 Å². The monoisotopic (exact) mass is 619 g/mol. The van der Waals surface area contributed by atoms with Gasteiger partial charge < -0.3 is 29.3 Å². The van der Waals surface area contributed by atoms with E-state index in [0.29, 0.717) is 38.2 Å². The number of esters is 2. The first-order chi connectivity index (χ1) is 18.6. The Morgan fingerprint density at radius 2 is 1.44 bits per heavy atom. The highest BCUT2D eigenvalue weighted by Crippen LogP contribution is 2.61. The molecule has 2 atom stereocenters. The third kappa shape index (κ3) is 5.99. The summed E-state index contributed by atoms with van der Waals surface area (Å²) in [5, 5.41) is 30.5. The van der Waals surface area contributed by atoms with Crippen LogP contribution in [0.3, 0.4) is 0 Å². The lowest BCUT2D eigenvalue weighted by Crippen LogP contribution is -2.57. The molecule has 4 aliphatic carbocycles. The molecule has 1 aromatic rings. The molecule has 0 heterocycles. The number of phenolic OH excluding ortho intramolecular Hbond substituents is 1. The number of phenols is 1. The lowest BCUT2D eigenvalue weighted by Gasteiger charge is -2.59. The summed E-state index contributed by atoms with van der Waals surface area (Å²) in [6.07, 6.45) is -10.9. The van der Waals surface area contributed by atoms with Crippen molar-refractivity contribution in [3.8, 4) is 5.75 Å². The van der Waals surface area contributed by atoms with Gasteiger partial charge in [0.15, 0.2) is 0 Å². The van der Waals surface area contributed by atoms with Gasteiger partial charge in [0.05, 0.1) is 23.7 Å². The van der Waals surface area contributed by atoms with Gasteiger partial charge in [-0.2, -0.15) is 26.3 Å².